The van der Waals surface area contributed by atoms with Crippen LogP contribution < -0.4 is 0 Å². The lowest BCUT2D eigenvalue weighted by Gasteiger charge is -2.33. The summed E-state index contributed by atoms with van der Waals surface area (Å²) < 4.78 is 68.4. The Morgan fingerprint density at radius 2 is 1.64 bits per heavy atom. The van der Waals surface area contributed by atoms with Crippen LogP contribution in [-0.2, 0) is 22.0 Å². The van der Waals surface area contributed by atoms with Crippen molar-refractivity contribution in [2.24, 2.45) is 5.92 Å². The van der Waals surface area contributed by atoms with Crippen LogP contribution in [0, 0.1) is 5.92 Å². The van der Waals surface area contributed by atoms with E-state index >= 15 is 0 Å². The van der Waals surface area contributed by atoms with Crippen molar-refractivity contribution in [3.8, 4) is 0 Å². The minimum absolute atomic E-state index is 0.0395. The van der Waals surface area contributed by atoms with Crippen molar-refractivity contribution in [2.75, 3.05) is 0 Å². The molecule has 1 atom stereocenters. The van der Waals surface area contributed by atoms with E-state index in [1.54, 1.807) is 0 Å². The van der Waals surface area contributed by atoms with E-state index in [1.165, 1.54) is 18.5 Å². The van der Waals surface area contributed by atoms with Gasteiger partial charge >= 0.3 is 12.2 Å². The van der Waals surface area contributed by atoms with Crippen LogP contribution >= 0.6 is 0 Å². The number of alkyl halides is 4. The van der Waals surface area contributed by atoms with Gasteiger partial charge in [0.05, 0.1) is 12.2 Å². The van der Waals surface area contributed by atoms with Gasteiger partial charge in [0.25, 0.3) is 0 Å². The van der Waals surface area contributed by atoms with Crippen molar-refractivity contribution in [1.29, 1.82) is 0 Å². The number of aromatic nitrogens is 2. The molecular weight excluding hydrogens is 436 g/mol. The summed E-state index contributed by atoms with van der Waals surface area (Å²) in [6, 6.07) is 0. The number of allylic oxidation sites excluding steroid dienone is 1. The van der Waals surface area contributed by atoms with Crippen molar-refractivity contribution < 1.29 is 27.0 Å². The maximum absolute atomic E-state index is 14.6. The van der Waals surface area contributed by atoms with E-state index < -0.39 is 30.2 Å². The third-order valence-electron chi connectivity index (χ3n) is 6.45. The fourth-order valence-electron chi connectivity index (χ4n) is 4.38. The molecule has 0 amide bonds. The lowest BCUT2D eigenvalue weighted by Crippen LogP contribution is -2.35. The summed E-state index contributed by atoms with van der Waals surface area (Å²) in [5.41, 5.74) is 0.637. The lowest BCUT2D eigenvalue weighted by atomic mass is 9.87. The maximum atomic E-state index is 14.6. The Morgan fingerprint density at radius 1 is 0.970 bits per heavy atom. The van der Waals surface area contributed by atoms with Crippen molar-refractivity contribution in [3.05, 3.63) is 48.1 Å². The molecule has 1 aromatic rings. The van der Waals surface area contributed by atoms with Gasteiger partial charge in [-0.3, -0.25) is 0 Å². The number of nitrogens with zero attached hydrogens (tertiary/aromatic N) is 2. The lowest BCUT2D eigenvalue weighted by molar-refractivity contribution is -0.280. The molecule has 4 nitrogen and oxygen atoms in total. The average Bonchev–Trinajstić information content (AvgIpc) is 2.80. The van der Waals surface area contributed by atoms with Gasteiger partial charge in [0.2, 0.25) is 5.82 Å². The Hall–Kier alpha value is -1.80. The molecule has 3 rings (SSSR count). The number of unbranched alkanes of at least 4 members (excludes halogenated alkanes) is 2. The van der Waals surface area contributed by atoms with Crippen LogP contribution in [0.3, 0.4) is 0 Å². The zero-order chi connectivity index (χ0) is 23.9. The van der Waals surface area contributed by atoms with Gasteiger partial charge in [0.1, 0.15) is 0 Å². The van der Waals surface area contributed by atoms with Gasteiger partial charge in [-0.25, -0.2) is 9.97 Å². The molecule has 1 unspecified atom stereocenters. The minimum Gasteiger partial charge on any atom is -0.313 e. The van der Waals surface area contributed by atoms with E-state index in [4.69, 9.17) is 9.47 Å². The van der Waals surface area contributed by atoms with Crippen LogP contribution in [0.5, 0.6) is 0 Å². The van der Waals surface area contributed by atoms with Crippen molar-refractivity contribution in [1.82, 2.24) is 9.97 Å². The van der Waals surface area contributed by atoms with E-state index in [-0.39, 0.29) is 24.8 Å². The third kappa shape index (κ3) is 7.34. The molecule has 8 heteroatoms. The number of aryl methyl sites for hydroxylation is 1. The van der Waals surface area contributed by atoms with Crippen LogP contribution in [-0.4, -0.2) is 28.3 Å². The fraction of sp³-hybridized carbons (Fsp3) is 0.680. The Kier molecular flexibility index (Phi) is 9.04. The molecule has 184 valence electrons. The van der Waals surface area contributed by atoms with E-state index in [2.05, 4.69) is 23.5 Å². The third-order valence-corrected chi connectivity index (χ3v) is 6.45. The second-order valence-corrected chi connectivity index (χ2v) is 9.04. The highest BCUT2D eigenvalue weighted by molar-refractivity contribution is 5.14. The van der Waals surface area contributed by atoms with Gasteiger partial charge in [-0.05, 0) is 69.3 Å². The summed E-state index contributed by atoms with van der Waals surface area (Å²) in [6.07, 6.45) is 3.93. The van der Waals surface area contributed by atoms with Crippen LogP contribution in [0.4, 0.5) is 17.6 Å². The Balaban J connectivity index is 1.51. The fourth-order valence-corrected chi connectivity index (χ4v) is 4.38. The van der Waals surface area contributed by atoms with Gasteiger partial charge in [-0.2, -0.15) is 17.6 Å². The molecule has 33 heavy (non-hydrogen) atoms. The summed E-state index contributed by atoms with van der Waals surface area (Å²) >= 11 is 0. The molecule has 1 aromatic heterocycles. The molecule has 2 aliphatic rings. The first-order valence-corrected chi connectivity index (χ1v) is 12.0. The standard InChI is InChI=1S/C25H34F4N2O2/c1-3-5-6-7-19-16-30-23(31-17-19)25(28,29)33-22-14-10-20(11-15-22)24(26,27)32-21-12-8-18(4-2)9-13-21/h4,10,16-18,21-22H,2-3,5-9,11-15H2,1H3. The Labute approximate surface area is 193 Å². The van der Waals surface area contributed by atoms with E-state index in [1.807, 2.05) is 6.08 Å². The molecular formula is C25H34F4N2O2. The van der Waals surface area contributed by atoms with E-state index in [0.29, 0.717) is 18.8 Å². The van der Waals surface area contributed by atoms with Crippen LogP contribution in [0.25, 0.3) is 0 Å². The largest absolute Gasteiger partial charge is 0.417 e. The van der Waals surface area contributed by atoms with Crippen LogP contribution in [0.15, 0.2) is 36.7 Å². The number of hydrogen-bond acceptors (Lipinski definition) is 4. The zero-order valence-corrected chi connectivity index (χ0v) is 19.2. The molecule has 0 spiro atoms. The van der Waals surface area contributed by atoms with Crippen LogP contribution in [0.1, 0.15) is 82.5 Å². The normalized spacial score (nSPS) is 24.4. The SMILES string of the molecule is C=CC1CCC(OC(F)(F)C2=CCC(OC(F)(F)c3ncc(CCCCC)cn3)CC2)CC1. The number of ether oxygens (including phenoxy) is 2. The molecule has 1 saturated carbocycles. The Bertz CT molecular complexity index is 790. The number of hydrogen-bond donors (Lipinski definition) is 0. The molecule has 0 saturated heterocycles. The molecule has 1 fully saturated rings. The monoisotopic (exact) mass is 470 g/mol. The van der Waals surface area contributed by atoms with Gasteiger partial charge in [0, 0.05) is 18.0 Å². The zero-order valence-electron chi connectivity index (χ0n) is 19.2. The maximum Gasteiger partial charge on any atom is 0.417 e. The second kappa shape index (κ2) is 11.6. The van der Waals surface area contributed by atoms with Gasteiger partial charge in [-0.15, -0.1) is 6.58 Å². The predicted molar refractivity (Wildman–Crippen MR) is 118 cm³/mol. The molecule has 0 aliphatic heterocycles. The minimum atomic E-state index is -3.68. The smallest absolute Gasteiger partial charge is 0.313 e. The molecule has 2 aliphatic carbocycles. The first-order valence-electron chi connectivity index (χ1n) is 12.0. The highest BCUT2D eigenvalue weighted by Gasteiger charge is 2.43. The second-order valence-electron chi connectivity index (χ2n) is 9.04. The summed E-state index contributed by atoms with van der Waals surface area (Å²) in [6.45, 7) is 5.84. The summed E-state index contributed by atoms with van der Waals surface area (Å²) in [4.78, 5) is 7.56. The molecule has 1 heterocycles. The van der Waals surface area contributed by atoms with Gasteiger partial charge in [-0.1, -0.05) is 31.9 Å². The molecule has 0 aromatic carbocycles. The van der Waals surface area contributed by atoms with Crippen LogP contribution in [0.2, 0.25) is 0 Å². The first-order chi connectivity index (χ1) is 15.7. The first kappa shape index (κ1) is 25.8. The van der Waals surface area contributed by atoms with Crippen molar-refractivity contribution in [2.45, 2.75) is 102 Å². The van der Waals surface area contributed by atoms with E-state index in [0.717, 1.165) is 44.1 Å². The van der Waals surface area contributed by atoms with Gasteiger partial charge in [0.15, 0.2) is 0 Å². The molecule has 0 N–H and O–H groups in total. The predicted octanol–water partition coefficient (Wildman–Crippen LogP) is 7.11. The average molecular weight is 471 g/mol. The number of rotatable bonds is 11. The highest BCUT2D eigenvalue weighted by atomic mass is 19.3. The summed E-state index contributed by atoms with van der Waals surface area (Å²) in [5, 5.41) is 0. The van der Waals surface area contributed by atoms with Crippen molar-refractivity contribution >= 4 is 0 Å². The topological polar surface area (TPSA) is 44.2 Å². The summed E-state index contributed by atoms with van der Waals surface area (Å²) in [7, 11) is 0. The van der Waals surface area contributed by atoms with Crippen molar-refractivity contribution in [3.63, 3.8) is 0 Å². The molecule has 0 radical (unpaired) electrons. The van der Waals surface area contributed by atoms with Gasteiger partial charge < -0.3 is 9.47 Å². The number of halogens is 4. The molecule has 0 bridgehead atoms. The quantitative estimate of drug-likeness (QED) is 0.196. The van der Waals surface area contributed by atoms with E-state index in [9.17, 15) is 17.6 Å². The Morgan fingerprint density at radius 3 is 2.21 bits per heavy atom. The highest BCUT2D eigenvalue weighted by Crippen LogP contribution is 2.39. The summed E-state index contributed by atoms with van der Waals surface area (Å²) in [5.74, 6) is -0.353.